The molecule has 3 aromatic carbocycles. The van der Waals surface area contributed by atoms with Crippen molar-refractivity contribution in [3.8, 4) is 11.5 Å². The molecule has 134 valence electrons. The zero-order valence-corrected chi connectivity index (χ0v) is 15.9. The van der Waals surface area contributed by atoms with Crippen LogP contribution in [-0.2, 0) is 9.73 Å². The highest BCUT2D eigenvalue weighted by Crippen LogP contribution is 2.30. The Morgan fingerprint density at radius 2 is 1.65 bits per heavy atom. The van der Waals surface area contributed by atoms with Gasteiger partial charge in [-0.3, -0.25) is 0 Å². The Bertz CT molecular complexity index is 1050. The standard InChI is InChI=1S/C21H22N2O2S/c1-15-13-21(16(2)12-20(15)22)25-18-10-7-11-19(14-18)26(3,24)23-17-8-5-4-6-9-17/h4-14H,22H2,1-3H3. The predicted molar refractivity (Wildman–Crippen MR) is 108 cm³/mol. The Morgan fingerprint density at radius 1 is 0.923 bits per heavy atom. The molecule has 1 unspecified atom stereocenters. The second kappa shape index (κ2) is 7.22. The summed E-state index contributed by atoms with van der Waals surface area (Å²) in [5.74, 6) is 1.35. The molecule has 0 radical (unpaired) electrons. The number of nitrogen functional groups attached to an aromatic ring is 1. The molecule has 0 aliphatic rings. The fourth-order valence-corrected chi connectivity index (χ4v) is 3.86. The van der Waals surface area contributed by atoms with Gasteiger partial charge >= 0.3 is 0 Å². The highest BCUT2D eigenvalue weighted by atomic mass is 32.2. The number of hydrogen-bond acceptors (Lipinski definition) is 4. The van der Waals surface area contributed by atoms with Gasteiger partial charge in [-0.15, -0.1) is 0 Å². The van der Waals surface area contributed by atoms with Crippen LogP contribution in [0.1, 0.15) is 11.1 Å². The Labute approximate surface area is 154 Å². The minimum Gasteiger partial charge on any atom is -0.457 e. The van der Waals surface area contributed by atoms with Crippen LogP contribution in [0, 0.1) is 13.8 Å². The number of nitrogens with zero attached hydrogens (tertiary/aromatic N) is 1. The first kappa shape index (κ1) is 18.0. The average molecular weight is 366 g/mol. The van der Waals surface area contributed by atoms with Crippen molar-refractivity contribution in [2.45, 2.75) is 18.7 Å². The van der Waals surface area contributed by atoms with E-state index in [1.807, 2.05) is 74.5 Å². The second-order valence-corrected chi connectivity index (χ2v) is 8.54. The van der Waals surface area contributed by atoms with Gasteiger partial charge in [-0.05, 0) is 67.4 Å². The smallest absolute Gasteiger partial charge is 0.130 e. The van der Waals surface area contributed by atoms with Crippen LogP contribution in [0.25, 0.3) is 0 Å². The Balaban J connectivity index is 1.95. The van der Waals surface area contributed by atoms with Gasteiger partial charge in [0.1, 0.15) is 11.5 Å². The van der Waals surface area contributed by atoms with Crippen LogP contribution in [0.15, 0.2) is 76.0 Å². The van der Waals surface area contributed by atoms with E-state index in [1.165, 1.54) is 0 Å². The zero-order valence-electron chi connectivity index (χ0n) is 15.1. The molecule has 1 atom stereocenters. The molecule has 0 fully saturated rings. The van der Waals surface area contributed by atoms with Crippen LogP contribution in [0.2, 0.25) is 0 Å². The van der Waals surface area contributed by atoms with Crippen molar-refractivity contribution in [2.75, 3.05) is 12.0 Å². The third kappa shape index (κ3) is 4.06. The van der Waals surface area contributed by atoms with Gasteiger partial charge in [0, 0.05) is 11.9 Å². The number of ether oxygens (including phenoxy) is 1. The minimum atomic E-state index is -2.58. The maximum absolute atomic E-state index is 13.1. The summed E-state index contributed by atoms with van der Waals surface area (Å²) in [5.41, 5.74) is 9.27. The lowest BCUT2D eigenvalue weighted by molar-refractivity contribution is 0.477. The first-order valence-electron chi connectivity index (χ1n) is 8.27. The molecule has 5 heteroatoms. The van der Waals surface area contributed by atoms with E-state index in [2.05, 4.69) is 4.36 Å². The molecule has 4 nitrogen and oxygen atoms in total. The molecule has 0 amide bonds. The molecule has 0 saturated heterocycles. The quantitative estimate of drug-likeness (QED) is 0.623. The van der Waals surface area contributed by atoms with Gasteiger partial charge in [0.15, 0.2) is 0 Å². The van der Waals surface area contributed by atoms with E-state index in [4.69, 9.17) is 10.5 Å². The summed E-state index contributed by atoms with van der Waals surface area (Å²) in [6.45, 7) is 3.89. The first-order valence-corrected chi connectivity index (χ1v) is 10.2. The van der Waals surface area contributed by atoms with Gasteiger partial charge < -0.3 is 10.5 Å². The summed E-state index contributed by atoms with van der Waals surface area (Å²) in [7, 11) is -2.58. The lowest BCUT2D eigenvalue weighted by Crippen LogP contribution is -1.98. The highest BCUT2D eigenvalue weighted by molar-refractivity contribution is 7.93. The van der Waals surface area contributed by atoms with E-state index >= 15 is 0 Å². The van der Waals surface area contributed by atoms with E-state index in [1.54, 1.807) is 12.3 Å². The van der Waals surface area contributed by atoms with Crippen molar-refractivity contribution >= 4 is 21.1 Å². The molecule has 3 rings (SSSR count). The van der Waals surface area contributed by atoms with Gasteiger partial charge in [0.05, 0.1) is 20.3 Å². The van der Waals surface area contributed by atoms with Crippen LogP contribution in [0.4, 0.5) is 11.4 Å². The van der Waals surface area contributed by atoms with Crippen molar-refractivity contribution in [1.82, 2.24) is 0 Å². The monoisotopic (exact) mass is 366 g/mol. The number of nitrogens with two attached hydrogens (primary N) is 1. The van der Waals surface area contributed by atoms with Gasteiger partial charge in [0.2, 0.25) is 0 Å². The lowest BCUT2D eigenvalue weighted by Gasteiger charge is -2.12. The molecule has 0 bridgehead atoms. The number of rotatable bonds is 4. The van der Waals surface area contributed by atoms with Crippen LogP contribution in [0.3, 0.4) is 0 Å². The second-order valence-electron chi connectivity index (χ2n) is 6.28. The van der Waals surface area contributed by atoms with E-state index in [0.717, 1.165) is 22.6 Å². The molecule has 26 heavy (non-hydrogen) atoms. The zero-order chi connectivity index (χ0) is 18.7. The Kier molecular flexibility index (Phi) is 5.00. The topological polar surface area (TPSA) is 64.7 Å². The maximum Gasteiger partial charge on any atom is 0.130 e. The molecule has 0 saturated carbocycles. The largest absolute Gasteiger partial charge is 0.457 e. The average Bonchev–Trinajstić information content (AvgIpc) is 2.60. The maximum atomic E-state index is 13.1. The summed E-state index contributed by atoms with van der Waals surface area (Å²) in [4.78, 5) is 0.628. The van der Waals surface area contributed by atoms with Gasteiger partial charge in [-0.1, -0.05) is 24.3 Å². The number of anilines is 1. The van der Waals surface area contributed by atoms with Crippen molar-refractivity contribution in [3.63, 3.8) is 0 Å². The SMILES string of the molecule is Cc1cc(Oc2cccc(S(C)(=O)=Nc3ccccc3)c2)c(C)cc1N. The van der Waals surface area contributed by atoms with E-state index < -0.39 is 9.73 Å². The van der Waals surface area contributed by atoms with Crippen LogP contribution >= 0.6 is 0 Å². The van der Waals surface area contributed by atoms with E-state index in [9.17, 15) is 4.21 Å². The van der Waals surface area contributed by atoms with E-state index in [-0.39, 0.29) is 0 Å². The van der Waals surface area contributed by atoms with Crippen LogP contribution in [0.5, 0.6) is 11.5 Å². The summed E-state index contributed by atoms with van der Waals surface area (Å²) >= 11 is 0. The van der Waals surface area contributed by atoms with Crippen LogP contribution in [-0.4, -0.2) is 10.5 Å². The molecule has 0 aliphatic heterocycles. The van der Waals surface area contributed by atoms with Gasteiger partial charge in [0.25, 0.3) is 0 Å². The van der Waals surface area contributed by atoms with Crippen molar-refractivity contribution < 1.29 is 8.95 Å². The fourth-order valence-electron chi connectivity index (χ4n) is 2.56. The number of aryl methyl sites for hydroxylation is 2. The Hall–Kier alpha value is -2.79. The molecule has 2 N–H and O–H groups in total. The molecular weight excluding hydrogens is 344 g/mol. The number of benzene rings is 3. The Morgan fingerprint density at radius 3 is 2.38 bits per heavy atom. The highest BCUT2D eigenvalue weighted by Gasteiger charge is 2.10. The minimum absolute atomic E-state index is 0.618. The molecular formula is C21H22N2O2S. The molecule has 0 aromatic heterocycles. The van der Waals surface area contributed by atoms with E-state index in [0.29, 0.717) is 16.3 Å². The van der Waals surface area contributed by atoms with Gasteiger partial charge in [-0.25, -0.2) is 4.21 Å². The summed E-state index contributed by atoms with van der Waals surface area (Å²) in [5, 5.41) is 0. The fraction of sp³-hybridized carbons (Fsp3) is 0.143. The molecule has 0 heterocycles. The molecule has 0 aliphatic carbocycles. The van der Waals surface area contributed by atoms with Gasteiger partial charge in [-0.2, -0.15) is 4.36 Å². The molecule has 0 spiro atoms. The first-order chi connectivity index (χ1) is 12.3. The predicted octanol–water partition coefficient (Wildman–Crippen LogP) is 5.47. The van der Waals surface area contributed by atoms with Crippen molar-refractivity contribution in [3.05, 3.63) is 77.9 Å². The summed E-state index contributed by atoms with van der Waals surface area (Å²) in [6, 6.07) is 20.4. The summed E-state index contributed by atoms with van der Waals surface area (Å²) < 4.78 is 23.5. The number of hydrogen-bond donors (Lipinski definition) is 1. The van der Waals surface area contributed by atoms with Crippen molar-refractivity contribution in [1.29, 1.82) is 0 Å². The molecule has 3 aromatic rings. The normalized spacial score (nSPS) is 13.0. The lowest BCUT2D eigenvalue weighted by atomic mass is 10.1. The van der Waals surface area contributed by atoms with Crippen LogP contribution < -0.4 is 10.5 Å². The third-order valence-corrected chi connectivity index (χ3v) is 5.76. The summed E-state index contributed by atoms with van der Waals surface area (Å²) in [6.07, 6.45) is 1.64. The van der Waals surface area contributed by atoms with Crippen molar-refractivity contribution in [2.24, 2.45) is 4.36 Å². The third-order valence-electron chi connectivity index (χ3n) is 4.07.